The van der Waals surface area contributed by atoms with Gasteiger partial charge < -0.3 is 16.0 Å². The number of rotatable bonds is 5. The van der Waals surface area contributed by atoms with Gasteiger partial charge in [0.1, 0.15) is 5.82 Å². The van der Waals surface area contributed by atoms with Gasteiger partial charge in [0.05, 0.1) is 0 Å². The van der Waals surface area contributed by atoms with E-state index in [0.717, 1.165) is 11.5 Å². The van der Waals surface area contributed by atoms with Crippen LogP contribution in [-0.4, -0.2) is 36.5 Å². The van der Waals surface area contributed by atoms with Crippen molar-refractivity contribution < 1.29 is 4.79 Å². The number of carbonyl (C=O) groups excluding carboxylic acids is 1. The largest absolute Gasteiger partial charge is 0.356 e. The lowest BCUT2D eigenvalue weighted by Crippen LogP contribution is -2.39. The van der Waals surface area contributed by atoms with Crippen molar-refractivity contribution in [3.05, 3.63) is 23.9 Å². The van der Waals surface area contributed by atoms with E-state index in [2.05, 4.69) is 25.9 Å². The van der Waals surface area contributed by atoms with Crippen LogP contribution < -0.4 is 16.0 Å². The molecular weight excluding hydrogens is 381 g/mol. The smallest absolute Gasteiger partial charge is 0.227 e. The fraction of sp³-hybridized carbons (Fsp3) is 0.500. The molecule has 0 aromatic carbocycles. The molecule has 7 heteroatoms. The number of pyridine rings is 1. The first-order chi connectivity index (χ1) is 9.67. The number of aromatic nitrogens is 1. The number of hydrogen-bond acceptors (Lipinski definition) is 3. The Balaban J connectivity index is 0.00000220. The molecule has 1 saturated carbocycles. The van der Waals surface area contributed by atoms with Gasteiger partial charge in [0.15, 0.2) is 5.96 Å². The monoisotopic (exact) mass is 403 g/mol. The Morgan fingerprint density at radius 3 is 2.76 bits per heavy atom. The number of nitrogens with one attached hydrogen (secondary N) is 3. The maximum Gasteiger partial charge on any atom is 0.227 e. The summed E-state index contributed by atoms with van der Waals surface area (Å²) < 4.78 is 0. The zero-order chi connectivity index (χ0) is 14.4. The van der Waals surface area contributed by atoms with Gasteiger partial charge in [-0.15, -0.1) is 24.0 Å². The predicted molar refractivity (Wildman–Crippen MR) is 95.2 cm³/mol. The molecule has 1 heterocycles. The third kappa shape index (κ3) is 6.74. The summed E-state index contributed by atoms with van der Waals surface area (Å²) in [4.78, 5) is 20.0. The molecule has 21 heavy (non-hydrogen) atoms. The molecule has 6 nitrogen and oxygen atoms in total. The maximum atomic E-state index is 11.8. The standard InChI is InChI=1S/C14H21N5O.HI/c1-10-3-6-12(17-9-10)19-13(20)7-8-16-14(15-2)18-11-4-5-11;/h3,6,9,11H,4-5,7-8H2,1-2H3,(H2,15,16,18)(H,17,19,20);1H. The van der Waals surface area contributed by atoms with Crippen molar-refractivity contribution in [2.45, 2.75) is 32.2 Å². The van der Waals surface area contributed by atoms with Crippen molar-refractivity contribution >= 4 is 41.7 Å². The van der Waals surface area contributed by atoms with Gasteiger partial charge in [-0.05, 0) is 31.4 Å². The molecule has 0 radical (unpaired) electrons. The van der Waals surface area contributed by atoms with E-state index in [1.807, 2.05) is 13.0 Å². The molecule has 0 bridgehead atoms. The fourth-order valence-electron chi connectivity index (χ4n) is 1.66. The summed E-state index contributed by atoms with van der Waals surface area (Å²) in [6.07, 6.45) is 4.50. The summed E-state index contributed by atoms with van der Waals surface area (Å²) in [6, 6.07) is 4.27. The summed E-state index contributed by atoms with van der Waals surface area (Å²) in [6.45, 7) is 2.51. The Morgan fingerprint density at radius 1 is 1.43 bits per heavy atom. The lowest BCUT2D eigenvalue weighted by atomic mass is 10.3. The molecule has 0 unspecified atom stereocenters. The normalized spacial score (nSPS) is 14.1. The number of halogens is 1. The topological polar surface area (TPSA) is 78.4 Å². The second-order valence-electron chi connectivity index (χ2n) is 4.94. The Kier molecular flexibility index (Phi) is 7.41. The van der Waals surface area contributed by atoms with E-state index in [1.165, 1.54) is 12.8 Å². The fourth-order valence-corrected chi connectivity index (χ4v) is 1.66. The summed E-state index contributed by atoms with van der Waals surface area (Å²) >= 11 is 0. The van der Waals surface area contributed by atoms with E-state index < -0.39 is 0 Å². The van der Waals surface area contributed by atoms with Crippen LogP contribution in [0.2, 0.25) is 0 Å². The number of aryl methyl sites for hydroxylation is 1. The first-order valence-electron chi connectivity index (χ1n) is 6.87. The predicted octanol–water partition coefficient (Wildman–Crippen LogP) is 1.66. The Bertz CT molecular complexity index is 485. The zero-order valence-corrected chi connectivity index (χ0v) is 14.7. The quantitative estimate of drug-likeness (QED) is 0.397. The van der Waals surface area contributed by atoms with E-state index in [4.69, 9.17) is 0 Å². The second-order valence-corrected chi connectivity index (χ2v) is 4.94. The highest BCUT2D eigenvalue weighted by Gasteiger charge is 2.21. The van der Waals surface area contributed by atoms with E-state index in [0.29, 0.717) is 24.8 Å². The number of anilines is 1. The number of carbonyl (C=O) groups is 1. The summed E-state index contributed by atoms with van der Waals surface area (Å²) in [5.74, 6) is 1.28. The SMILES string of the molecule is CN=C(NCCC(=O)Nc1ccc(C)cn1)NC1CC1.I. The molecule has 2 rings (SSSR count). The molecule has 3 N–H and O–H groups in total. The Morgan fingerprint density at radius 2 is 2.19 bits per heavy atom. The number of aliphatic imine (C=N–C) groups is 1. The van der Waals surface area contributed by atoms with Crippen molar-refractivity contribution in [3.8, 4) is 0 Å². The van der Waals surface area contributed by atoms with Crippen LogP contribution in [0.5, 0.6) is 0 Å². The third-order valence-electron chi connectivity index (χ3n) is 2.97. The van der Waals surface area contributed by atoms with Crippen LogP contribution in [0.3, 0.4) is 0 Å². The minimum atomic E-state index is -0.0595. The molecule has 0 spiro atoms. The second kappa shape index (κ2) is 8.81. The summed E-state index contributed by atoms with van der Waals surface area (Å²) in [7, 11) is 1.73. The van der Waals surface area contributed by atoms with Crippen LogP contribution in [0.15, 0.2) is 23.3 Å². The lowest BCUT2D eigenvalue weighted by Gasteiger charge is -2.10. The van der Waals surface area contributed by atoms with Crippen molar-refractivity contribution in [2.75, 3.05) is 18.9 Å². The zero-order valence-electron chi connectivity index (χ0n) is 12.3. The first-order valence-corrected chi connectivity index (χ1v) is 6.87. The molecule has 116 valence electrons. The number of nitrogens with zero attached hydrogens (tertiary/aromatic N) is 2. The van der Waals surface area contributed by atoms with Gasteiger partial charge in [0, 0.05) is 32.3 Å². The van der Waals surface area contributed by atoms with Crippen molar-refractivity contribution in [3.63, 3.8) is 0 Å². The van der Waals surface area contributed by atoms with E-state index in [-0.39, 0.29) is 29.9 Å². The minimum absolute atomic E-state index is 0. The highest BCUT2D eigenvalue weighted by atomic mass is 127. The molecule has 1 aliphatic rings. The highest BCUT2D eigenvalue weighted by molar-refractivity contribution is 14.0. The summed E-state index contributed by atoms with van der Waals surface area (Å²) in [5, 5.41) is 9.15. The molecule has 1 aromatic heterocycles. The van der Waals surface area contributed by atoms with Crippen molar-refractivity contribution in [1.82, 2.24) is 15.6 Å². The molecule has 1 aliphatic carbocycles. The van der Waals surface area contributed by atoms with Crippen LogP contribution in [0.4, 0.5) is 5.82 Å². The molecule has 0 aliphatic heterocycles. The van der Waals surface area contributed by atoms with Gasteiger partial charge in [-0.25, -0.2) is 4.98 Å². The van der Waals surface area contributed by atoms with Gasteiger partial charge in [0.25, 0.3) is 0 Å². The highest BCUT2D eigenvalue weighted by Crippen LogP contribution is 2.18. The van der Waals surface area contributed by atoms with Crippen LogP contribution >= 0.6 is 24.0 Å². The molecule has 1 amide bonds. The van der Waals surface area contributed by atoms with Crippen LogP contribution in [-0.2, 0) is 4.79 Å². The van der Waals surface area contributed by atoms with Gasteiger partial charge in [0.2, 0.25) is 5.91 Å². The lowest BCUT2D eigenvalue weighted by molar-refractivity contribution is -0.116. The summed E-state index contributed by atoms with van der Waals surface area (Å²) in [5.41, 5.74) is 1.07. The number of guanidine groups is 1. The van der Waals surface area contributed by atoms with E-state index in [1.54, 1.807) is 19.3 Å². The van der Waals surface area contributed by atoms with Gasteiger partial charge in [-0.1, -0.05) is 6.07 Å². The molecular formula is C14H22IN5O. The van der Waals surface area contributed by atoms with Crippen LogP contribution in [0.1, 0.15) is 24.8 Å². The van der Waals surface area contributed by atoms with Crippen LogP contribution in [0.25, 0.3) is 0 Å². The van der Waals surface area contributed by atoms with Gasteiger partial charge in [-0.3, -0.25) is 9.79 Å². The average molecular weight is 403 g/mol. The minimum Gasteiger partial charge on any atom is -0.356 e. The van der Waals surface area contributed by atoms with Gasteiger partial charge >= 0.3 is 0 Å². The van der Waals surface area contributed by atoms with Crippen LogP contribution in [0, 0.1) is 6.92 Å². The maximum absolute atomic E-state index is 11.8. The molecule has 0 saturated heterocycles. The molecule has 1 aromatic rings. The number of amides is 1. The Hall–Kier alpha value is -1.38. The average Bonchev–Trinajstić information content (AvgIpc) is 3.24. The van der Waals surface area contributed by atoms with E-state index in [9.17, 15) is 4.79 Å². The van der Waals surface area contributed by atoms with Crippen molar-refractivity contribution in [2.24, 2.45) is 4.99 Å². The first kappa shape index (κ1) is 17.7. The Labute approximate surface area is 142 Å². The van der Waals surface area contributed by atoms with Gasteiger partial charge in [-0.2, -0.15) is 0 Å². The van der Waals surface area contributed by atoms with E-state index >= 15 is 0 Å². The van der Waals surface area contributed by atoms with Crippen molar-refractivity contribution in [1.29, 1.82) is 0 Å². The molecule has 0 atom stereocenters. The third-order valence-corrected chi connectivity index (χ3v) is 2.97. The molecule has 1 fully saturated rings. The number of hydrogen-bond donors (Lipinski definition) is 3.